The summed E-state index contributed by atoms with van der Waals surface area (Å²) in [5.74, 6) is -2.51. The molecule has 8 rings (SSSR count). The van der Waals surface area contributed by atoms with Crippen LogP contribution in [0.4, 0.5) is 4.39 Å². The maximum Gasteiger partial charge on any atom is 0.306 e. The molecule has 0 unspecified atom stereocenters. The third kappa shape index (κ3) is 7.97. The Morgan fingerprint density at radius 2 is 1.17 bits per heavy atom. The molecular formula is C47H55FN6O4. The molecule has 0 amide bonds. The van der Waals surface area contributed by atoms with Gasteiger partial charge in [-0.05, 0) is 125 Å². The number of fused-ring (bicyclic) bond motifs is 2. The van der Waals surface area contributed by atoms with Gasteiger partial charge in [-0.15, -0.1) is 0 Å². The second-order valence-electron chi connectivity index (χ2n) is 16.3. The molecule has 2 N–H and O–H groups in total. The van der Waals surface area contributed by atoms with Gasteiger partial charge in [0.2, 0.25) is 0 Å². The van der Waals surface area contributed by atoms with Gasteiger partial charge in [-0.2, -0.15) is 20.7 Å². The molecule has 0 saturated heterocycles. The normalized spacial score (nSPS) is 23.5. The molecule has 5 aromatic rings. The molecule has 0 bridgehead atoms. The number of carboxylic acid groups (broad SMARTS) is 2. The molecule has 3 aliphatic carbocycles. The maximum atomic E-state index is 13.4. The number of halogens is 1. The van der Waals surface area contributed by atoms with Crippen LogP contribution in [0.25, 0.3) is 27.5 Å². The Balaban J connectivity index is 0.000000192. The first-order valence-corrected chi connectivity index (χ1v) is 20.6. The van der Waals surface area contributed by atoms with E-state index in [1.807, 2.05) is 25.1 Å². The van der Waals surface area contributed by atoms with Crippen LogP contribution in [0.2, 0.25) is 0 Å². The smallest absolute Gasteiger partial charge is 0.306 e. The Bertz CT molecular complexity index is 2340. The van der Waals surface area contributed by atoms with E-state index in [-0.39, 0.29) is 25.1 Å². The summed E-state index contributed by atoms with van der Waals surface area (Å²) >= 11 is 0. The van der Waals surface area contributed by atoms with Gasteiger partial charge in [-0.3, -0.25) is 14.3 Å². The van der Waals surface area contributed by atoms with E-state index < -0.39 is 22.8 Å². The third-order valence-electron chi connectivity index (χ3n) is 13.1. The highest BCUT2D eigenvalue weighted by Gasteiger charge is 2.41. The minimum atomic E-state index is -0.783. The van der Waals surface area contributed by atoms with Crippen molar-refractivity contribution in [3.8, 4) is 17.8 Å². The van der Waals surface area contributed by atoms with Gasteiger partial charge >= 0.3 is 11.9 Å². The molecule has 304 valence electrons. The van der Waals surface area contributed by atoms with Gasteiger partial charge in [-0.1, -0.05) is 64.8 Å². The number of nitrogens with zero attached hydrogens (tertiary/aromatic N) is 6. The quantitative estimate of drug-likeness (QED) is 0.157. The zero-order valence-corrected chi connectivity index (χ0v) is 32.9. The molecule has 58 heavy (non-hydrogen) atoms. The van der Waals surface area contributed by atoms with Crippen molar-refractivity contribution >= 4 is 33.7 Å². The molecule has 3 aromatic carbocycles. The first-order valence-electron chi connectivity index (χ1n) is 20.6. The fraction of sp³-hybridized carbons (Fsp3) is 0.489. The van der Waals surface area contributed by atoms with Gasteiger partial charge in [0, 0.05) is 10.8 Å². The molecule has 0 radical (unpaired) electrons. The standard InChI is InChI=1S/C23H22FN3O2.C23H29N3O2.CH4/c1-2-20-19-8-3-16(23(14-25)11-9-15(10-12-23)22(28)29)13-21(19)27(26-20)18-6-4-17(24)5-7-18;1-2-20-19-9-8-17(23(15-24)12-10-16(11-13-23)22(27)28)14-21(19)26(25-20)18-6-4-3-5-7-18;/h3-8,13,15H,2,9-12H2,1H3,(H,28,29);8-9,14,16,18H,2-7,10-13H2,1H3,(H,27,28);1H4. The van der Waals surface area contributed by atoms with Crippen LogP contribution in [0.1, 0.15) is 133 Å². The lowest BCUT2D eigenvalue weighted by Gasteiger charge is -2.34. The summed E-state index contributed by atoms with van der Waals surface area (Å²) in [6.07, 6.45) is 12.3. The molecule has 10 nitrogen and oxygen atoms in total. The van der Waals surface area contributed by atoms with Crippen LogP contribution < -0.4 is 0 Å². The van der Waals surface area contributed by atoms with E-state index in [9.17, 15) is 34.7 Å². The zero-order valence-electron chi connectivity index (χ0n) is 32.9. The first-order chi connectivity index (χ1) is 27.5. The van der Waals surface area contributed by atoms with E-state index in [1.165, 1.54) is 49.6 Å². The lowest BCUT2D eigenvalue weighted by Crippen LogP contribution is -2.32. The van der Waals surface area contributed by atoms with Crippen molar-refractivity contribution in [1.29, 1.82) is 10.5 Å². The number of hydrogen-bond acceptors (Lipinski definition) is 6. The number of aryl methyl sites for hydroxylation is 2. The SMILES string of the molecule is C.CCc1nn(-c2ccc(F)cc2)c2cc(C3(C#N)CCC(C(=O)O)CC3)ccc12.CCc1nn(C2CCCCC2)c2cc(C3(C#N)CCC(C(=O)O)CC3)ccc12. The number of nitriles is 2. The van der Waals surface area contributed by atoms with Crippen LogP contribution in [0.3, 0.4) is 0 Å². The van der Waals surface area contributed by atoms with Gasteiger partial charge < -0.3 is 10.2 Å². The molecule has 0 spiro atoms. The average Bonchev–Trinajstić information content (AvgIpc) is 3.82. The summed E-state index contributed by atoms with van der Waals surface area (Å²) in [7, 11) is 0. The fourth-order valence-electron chi connectivity index (χ4n) is 9.53. The Hall–Kier alpha value is -5.55. The van der Waals surface area contributed by atoms with Crippen molar-refractivity contribution in [2.24, 2.45) is 11.8 Å². The van der Waals surface area contributed by atoms with Crippen molar-refractivity contribution < 1.29 is 24.2 Å². The molecular weight excluding hydrogens is 732 g/mol. The zero-order chi connectivity index (χ0) is 40.3. The summed E-state index contributed by atoms with van der Waals surface area (Å²) in [4.78, 5) is 22.6. The summed E-state index contributed by atoms with van der Waals surface area (Å²) in [6, 6.07) is 24.0. The Morgan fingerprint density at radius 3 is 1.64 bits per heavy atom. The van der Waals surface area contributed by atoms with Crippen LogP contribution in [-0.2, 0) is 33.3 Å². The van der Waals surface area contributed by atoms with Crippen molar-refractivity contribution in [2.75, 3.05) is 0 Å². The van der Waals surface area contributed by atoms with Crippen LogP contribution in [0, 0.1) is 40.3 Å². The van der Waals surface area contributed by atoms with Gasteiger partial charge in [0.1, 0.15) is 5.82 Å². The predicted octanol–water partition coefficient (Wildman–Crippen LogP) is 10.5. The summed E-state index contributed by atoms with van der Waals surface area (Å²) in [6.45, 7) is 4.18. The summed E-state index contributed by atoms with van der Waals surface area (Å²) < 4.78 is 17.4. The number of aliphatic carboxylic acids is 2. The van der Waals surface area contributed by atoms with Crippen molar-refractivity contribution in [3.63, 3.8) is 0 Å². The highest BCUT2D eigenvalue weighted by molar-refractivity contribution is 5.85. The molecule has 3 fully saturated rings. The van der Waals surface area contributed by atoms with E-state index in [0.717, 1.165) is 57.5 Å². The second-order valence-corrected chi connectivity index (χ2v) is 16.3. The average molecular weight is 787 g/mol. The molecule has 2 aromatic heterocycles. The Kier molecular flexibility index (Phi) is 12.7. The maximum absolute atomic E-state index is 13.4. The Labute approximate surface area is 340 Å². The first kappa shape index (κ1) is 42.1. The van der Waals surface area contributed by atoms with E-state index in [0.29, 0.717) is 57.4 Å². The summed E-state index contributed by atoms with van der Waals surface area (Å²) in [5, 5.41) is 50.5. The van der Waals surface area contributed by atoms with E-state index >= 15 is 0 Å². The molecule has 3 saturated carbocycles. The second kappa shape index (κ2) is 17.5. The number of aromatic nitrogens is 4. The monoisotopic (exact) mass is 786 g/mol. The largest absolute Gasteiger partial charge is 0.481 e. The fourth-order valence-corrected chi connectivity index (χ4v) is 9.53. The predicted molar refractivity (Wildman–Crippen MR) is 222 cm³/mol. The number of hydrogen-bond donors (Lipinski definition) is 2. The van der Waals surface area contributed by atoms with Crippen LogP contribution >= 0.6 is 0 Å². The topological polar surface area (TPSA) is 158 Å². The van der Waals surface area contributed by atoms with Crippen molar-refractivity contribution in [1.82, 2.24) is 19.6 Å². The number of carbonyl (C=O) groups is 2. The Morgan fingerprint density at radius 1 is 0.707 bits per heavy atom. The molecule has 3 aliphatic rings. The lowest BCUT2D eigenvalue weighted by atomic mass is 9.67. The van der Waals surface area contributed by atoms with Gasteiger partial charge in [0.25, 0.3) is 0 Å². The van der Waals surface area contributed by atoms with Gasteiger partial charge in [0.05, 0.1) is 69.0 Å². The minimum absolute atomic E-state index is 0. The van der Waals surface area contributed by atoms with Crippen molar-refractivity contribution in [2.45, 2.75) is 134 Å². The highest BCUT2D eigenvalue weighted by atomic mass is 19.1. The molecule has 0 atom stereocenters. The van der Waals surface area contributed by atoms with Gasteiger partial charge in [-0.25, -0.2) is 9.07 Å². The third-order valence-corrected chi connectivity index (χ3v) is 13.1. The van der Waals surface area contributed by atoms with Crippen molar-refractivity contribution in [3.05, 3.63) is 89.0 Å². The molecule has 11 heteroatoms. The van der Waals surface area contributed by atoms with Crippen LogP contribution in [0.5, 0.6) is 0 Å². The van der Waals surface area contributed by atoms with Crippen LogP contribution in [-0.4, -0.2) is 41.7 Å². The van der Waals surface area contributed by atoms with E-state index in [2.05, 4.69) is 41.9 Å². The highest BCUT2D eigenvalue weighted by Crippen LogP contribution is 2.44. The number of benzene rings is 3. The summed E-state index contributed by atoms with van der Waals surface area (Å²) in [5.41, 5.74) is 5.52. The number of carboxylic acids is 2. The van der Waals surface area contributed by atoms with E-state index in [1.54, 1.807) is 16.8 Å². The van der Waals surface area contributed by atoms with E-state index in [4.69, 9.17) is 10.2 Å². The molecule has 0 aliphatic heterocycles. The van der Waals surface area contributed by atoms with Gasteiger partial charge in [0.15, 0.2) is 0 Å². The minimum Gasteiger partial charge on any atom is -0.481 e. The van der Waals surface area contributed by atoms with Crippen LogP contribution in [0.15, 0.2) is 60.7 Å². The lowest BCUT2D eigenvalue weighted by molar-refractivity contribution is -0.144. The number of rotatable bonds is 8. The molecule has 2 heterocycles.